The van der Waals surface area contributed by atoms with Crippen molar-refractivity contribution in [1.82, 2.24) is 20.5 Å². The van der Waals surface area contributed by atoms with E-state index in [1.54, 1.807) is 7.05 Å². The van der Waals surface area contributed by atoms with E-state index in [1.165, 1.54) is 6.26 Å². The number of pyridine rings is 1. The van der Waals surface area contributed by atoms with Gasteiger partial charge in [0.05, 0.1) is 11.4 Å². The SMILES string of the molecule is CN=C(NCC(C)(C)CCS(C)(=O)=O)NC1CCN(Cc2ccccn2)CC1. The lowest BCUT2D eigenvalue weighted by Crippen LogP contribution is -2.50. The van der Waals surface area contributed by atoms with E-state index in [0.717, 1.165) is 44.1 Å². The summed E-state index contributed by atoms with van der Waals surface area (Å²) in [5.74, 6) is 0.998. The van der Waals surface area contributed by atoms with Gasteiger partial charge in [0.2, 0.25) is 0 Å². The molecule has 2 N–H and O–H groups in total. The fourth-order valence-electron chi connectivity index (χ4n) is 3.22. The molecule has 0 spiro atoms. The maximum atomic E-state index is 11.4. The van der Waals surface area contributed by atoms with Crippen LogP contribution >= 0.6 is 0 Å². The van der Waals surface area contributed by atoms with E-state index in [0.29, 0.717) is 19.0 Å². The predicted octanol–water partition coefficient (Wildman–Crippen LogP) is 1.67. The van der Waals surface area contributed by atoms with Gasteiger partial charge >= 0.3 is 0 Å². The monoisotopic (exact) mass is 409 g/mol. The molecule has 1 aliphatic rings. The highest BCUT2D eigenvalue weighted by molar-refractivity contribution is 7.90. The highest BCUT2D eigenvalue weighted by Crippen LogP contribution is 2.20. The van der Waals surface area contributed by atoms with Gasteiger partial charge in [-0.1, -0.05) is 19.9 Å². The molecule has 0 bridgehead atoms. The molecule has 0 aromatic carbocycles. The molecule has 0 amide bonds. The largest absolute Gasteiger partial charge is 0.356 e. The molecule has 0 atom stereocenters. The Bertz CT molecular complexity index is 726. The average molecular weight is 410 g/mol. The molecule has 2 rings (SSSR count). The molecule has 1 aromatic heterocycles. The molecule has 1 aromatic rings. The molecular formula is C20H35N5O2S. The summed E-state index contributed by atoms with van der Waals surface area (Å²) in [7, 11) is -1.16. The Morgan fingerprint density at radius 2 is 2.04 bits per heavy atom. The number of rotatable bonds is 8. The zero-order valence-corrected chi connectivity index (χ0v) is 18.4. The minimum atomic E-state index is -2.93. The van der Waals surface area contributed by atoms with Crippen molar-refractivity contribution in [1.29, 1.82) is 0 Å². The van der Waals surface area contributed by atoms with Gasteiger partial charge in [0.15, 0.2) is 5.96 Å². The van der Waals surface area contributed by atoms with Crippen molar-refractivity contribution in [3.63, 3.8) is 0 Å². The van der Waals surface area contributed by atoms with Crippen molar-refractivity contribution in [2.24, 2.45) is 10.4 Å². The van der Waals surface area contributed by atoms with Crippen LogP contribution in [-0.2, 0) is 16.4 Å². The van der Waals surface area contributed by atoms with Crippen LogP contribution in [0.25, 0.3) is 0 Å². The summed E-state index contributed by atoms with van der Waals surface area (Å²) < 4.78 is 22.8. The lowest BCUT2D eigenvalue weighted by molar-refractivity contribution is 0.196. The number of sulfone groups is 1. The number of guanidine groups is 1. The number of likely N-dealkylation sites (tertiary alicyclic amines) is 1. The van der Waals surface area contributed by atoms with Gasteiger partial charge in [0, 0.05) is 51.7 Å². The fraction of sp³-hybridized carbons (Fsp3) is 0.700. The van der Waals surface area contributed by atoms with E-state index in [2.05, 4.69) is 45.4 Å². The van der Waals surface area contributed by atoms with Gasteiger partial charge in [0.1, 0.15) is 9.84 Å². The van der Waals surface area contributed by atoms with Crippen molar-refractivity contribution < 1.29 is 8.42 Å². The standard InChI is InChI=1S/C20H35N5O2S/c1-20(2,10-14-28(4,26)27)16-23-19(21-3)24-17-8-12-25(13-9-17)15-18-7-5-6-11-22-18/h5-7,11,17H,8-10,12-16H2,1-4H3,(H2,21,23,24). The van der Waals surface area contributed by atoms with Crippen LogP contribution < -0.4 is 10.6 Å². The number of hydrogen-bond acceptors (Lipinski definition) is 5. The van der Waals surface area contributed by atoms with Gasteiger partial charge in [-0.05, 0) is 36.8 Å². The Morgan fingerprint density at radius 3 is 2.61 bits per heavy atom. The predicted molar refractivity (Wildman–Crippen MR) is 115 cm³/mol. The molecule has 1 saturated heterocycles. The van der Waals surface area contributed by atoms with E-state index in [1.807, 2.05) is 18.3 Å². The molecule has 7 nitrogen and oxygen atoms in total. The number of hydrogen-bond donors (Lipinski definition) is 2. The second-order valence-corrected chi connectivity index (χ2v) is 10.7. The van der Waals surface area contributed by atoms with Gasteiger partial charge in [-0.2, -0.15) is 0 Å². The van der Waals surface area contributed by atoms with E-state index in [4.69, 9.17) is 0 Å². The molecule has 0 unspecified atom stereocenters. The van der Waals surface area contributed by atoms with E-state index >= 15 is 0 Å². The third kappa shape index (κ3) is 8.56. The van der Waals surface area contributed by atoms with Crippen molar-refractivity contribution in [3.05, 3.63) is 30.1 Å². The lowest BCUT2D eigenvalue weighted by Gasteiger charge is -2.33. The Labute approximate surface area is 169 Å². The summed E-state index contributed by atoms with van der Waals surface area (Å²) in [6.07, 6.45) is 5.88. The van der Waals surface area contributed by atoms with Crippen molar-refractivity contribution in [3.8, 4) is 0 Å². The molecule has 1 aliphatic heterocycles. The van der Waals surface area contributed by atoms with Crippen LogP contribution in [0.1, 0.15) is 38.8 Å². The number of aromatic nitrogens is 1. The Balaban J connectivity index is 1.73. The quantitative estimate of drug-likeness (QED) is 0.502. The van der Waals surface area contributed by atoms with Crippen LogP contribution in [0.5, 0.6) is 0 Å². The van der Waals surface area contributed by atoms with E-state index < -0.39 is 9.84 Å². The maximum absolute atomic E-state index is 11.4. The summed E-state index contributed by atoms with van der Waals surface area (Å²) >= 11 is 0. The zero-order chi connectivity index (χ0) is 20.6. The third-order valence-electron chi connectivity index (χ3n) is 5.15. The molecule has 0 saturated carbocycles. The van der Waals surface area contributed by atoms with Crippen LogP contribution in [0.3, 0.4) is 0 Å². The molecule has 1 fully saturated rings. The zero-order valence-electron chi connectivity index (χ0n) is 17.6. The molecule has 0 radical (unpaired) electrons. The summed E-state index contributed by atoms with van der Waals surface area (Å²) in [6, 6.07) is 6.44. The molecule has 2 heterocycles. The Kier molecular flexibility index (Phi) is 8.24. The van der Waals surface area contributed by atoms with Gasteiger partial charge in [-0.15, -0.1) is 0 Å². The Hall–Kier alpha value is -1.67. The topological polar surface area (TPSA) is 86.7 Å². The minimum Gasteiger partial charge on any atom is -0.356 e. The van der Waals surface area contributed by atoms with Gasteiger partial charge in [0.25, 0.3) is 0 Å². The van der Waals surface area contributed by atoms with Crippen molar-refractivity contribution in [2.75, 3.05) is 38.7 Å². The average Bonchev–Trinajstić information content (AvgIpc) is 2.65. The second-order valence-electron chi connectivity index (χ2n) is 8.49. The van der Waals surface area contributed by atoms with Crippen LogP contribution in [0.15, 0.2) is 29.4 Å². The molecule has 0 aliphatic carbocycles. The van der Waals surface area contributed by atoms with Crippen LogP contribution in [0.2, 0.25) is 0 Å². The first-order chi connectivity index (χ1) is 13.2. The highest BCUT2D eigenvalue weighted by atomic mass is 32.2. The number of piperidine rings is 1. The lowest BCUT2D eigenvalue weighted by atomic mass is 9.90. The van der Waals surface area contributed by atoms with Crippen LogP contribution in [0, 0.1) is 5.41 Å². The van der Waals surface area contributed by atoms with Crippen molar-refractivity contribution in [2.45, 2.75) is 45.7 Å². The first kappa shape index (κ1) is 22.6. The molecule has 8 heteroatoms. The summed E-state index contributed by atoms with van der Waals surface area (Å²) in [5.41, 5.74) is 0.995. The first-order valence-electron chi connectivity index (χ1n) is 9.94. The fourth-order valence-corrected chi connectivity index (χ4v) is 4.14. The molecule has 28 heavy (non-hydrogen) atoms. The number of nitrogens with zero attached hydrogens (tertiary/aromatic N) is 3. The molecular weight excluding hydrogens is 374 g/mol. The third-order valence-corrected chi connectivity index (χ3v) is 6.09. The van der Waals surface area contributed by atoms with Crippen LogP contribution in [0.4, 0.5) is 0 Å². The first-order valence-corrected chi connectivity index (χ1v) is 12.0. The highest BCUT2D eigenvalue weighted by Gasteiger charge is 2.23. The second kappa shape index (κ2) is 10.2. The minimum absolute atomic E-state index is 0.118. The van der Waals surface area contributed by atoms with Crippen molar-refractivity contribution >= 4 is 15.8 Å². The normalized spacial score (nSPS) is 17.5. The molecule has 158 valence electrons. The van der Waals surface area contributed by atoms with Gasteiger partial charge in [-0.3, -0.25) is 14.9 Å². The van der Waals surface area contributed by atoms with E-state index in [9.17, 15) is 8.42 Å². The smallest absolute Gasteiger partial charge is 0.191 e. The van der Waals surface area contributed by atoms with E-state index in [-0.39, 0.29) is 11.2 Å². The van der Waals surface area contributed by atoms with Gasteiger partial charge < -0.3 is 10.6 Å². The summed E-state index contributed by atoms with van der Waals surface area (Å²) in [6.45, 7) is 7.80. The Morgan fingerprint density at radius 1 is 1.32 bits per heavy atom. The summed E-state index contributed by atoms with van der Waals surface area (Å²) in [4.78, 5) is 11.2. The van der Waals surface area contributed by atoms with Crippen LogP contribution in [-0.4, -0.2) is 69.0 Å². The number of aliphatic imine (C=N–C) groups is 1. The van der Waals surface area contributed by atoms with Gasteiger partial charge in [-0.25, -0.2) is 8.42 Å². The summed E-state index contributed by atoms with van der Waals surface area (Å²) in [5, 5.41) is 6.88. The maximum Gasteiger partial charge on any atom is 0.191 e. The number of nitrogens with one attached hydrogen (secondary N) is 2.